The number of hydrogen-bond donors (Lipinski definition) is 1. The van der Waals surface area contributed by atoms with Crippen molar-refractivity contribution in [2.45, 2.75) is 46.1 Å². The lowest BCUT2D eigenvalue weighted by atomic mass is 10.2. The largest absolute Gasteiger partial charge is 0.477 e. The van der Waals surface area contributed by atoms with E-state index in [0.29, 0.717) is 4.88 Å². The van der Waals surface area contributed by atoms with Crippen LogP contribution in [0.5, 0.6) is 0 Å². The van der Waals surface area contributed by atoms with Gasteiger partial charge in [-0.2, -0.15) is 0 Å². The standard InChI is InChI=1S/C13H22N2O2S/c1-4-6-8-15(3)9-11-14-10(7-5-2)12(18-11)13(16)17/h4-9H2,1-3H3,(H,16,17). The maximum Gasteiger partial charge on any atom is 0.347 e. The molecule has 1 aromatic heterocycles. The maximum absolute atomic E-state index is 11.1. The maximum atomic E-state index is 11.1. The molecule has 0 aliphatic heterocycles. The summed E-state index contributed by atoms with van der Waals surface area (Å²) in [7, 11) is 2.05. The summed E-state index contributed by atoms with van der Waals surface area (Å²) in [5, 5.41) is 10.0. The summed E-state index contributed by atoms with van der Waals surface area (Å²) in [5.74, 6) is -0.849. The summed E-state index contributed by atoms with van der Waals surface area (Å²) in [5.41, 5.74) is 0.744. The quantitative estimate of drug-likeness (QED) is 0.789. The van der Waals surface area contributed by atoms with Gasteiger partial charge in [-0.3, -0.25) is 4.90 Å². The molecule has 18 heavy (non-hydrogen) atoms. The van der Waals surface area contributed by atoms with E-state index < -0.39 is 5.97 Å². The van der Waals surface area contributed by atoms with Gasteiger partial charge in [0.05, 0.1) is 12.2 Å². The molecule has 0 amide bonds. The first-order valence-corrected chi connectivity index (χ1v) is 7.30. The Bertz CT molecular complexity index is 390. The molecule has 1 heterocycles. The minimum absolute atomic E-state index is 0.413. The van der Waals surface area contributed by atoms with E-state index in [9.17, 15) is 4.79 Å². The zero-order valence-electron chi connectivity index (χ0n) is 11.4. The fraction of sp³-hybridized carbons (Fsp3) is 0.692. The molecule has 0 saturated carbocycles. The highest BCUT2D eigenvalue weighted by molar-refractivity contribution is 7.13. The van der Waals surface area contributed by atoms with Crippen LogP contribution in [0.15, 0.2) is 0 Å². The lowest BCUT2D eigenvalue weighted by molar-refractivity contribution is 0.0700. The molecular weight excluding hydrogens is 248 g/mol. The van der Waals surface area contributed by atoms with Crippen molar-refractivity contribution in [2.24, 2.45) is 0 Å². The predicted octanol–water partition coefficient (Wildman–Crippen LogP) is 3.03. The van der Waals surface area contributed by atoms with Crippen LogP contribution in [-0.2, 0) is 13.0 Å². The topological polar surface area (TPSA) is 53.4 Å². The molecule has 1 rings (SSSR count). The van der Waals surface area contributed by atoms with Gasteiger partial charge in [0.15, 0.2) is 0 Å². The Morgan fingerprint density at radius 3 is 2.67 bits per heavy atom. The van der Waals surface area contributed by atoms with Crippen molar-refractivity contribution in [3.8, 4) is 0 Å². The van der Waals surface area contributed by atoms with Crippen LogP contribution in [0.2, 0.25) is 0 Å². The number of carbonyl (C=O) groups is 1. The summed E-state index contributed by atoms with van der Waals surface area (Å²) in [4.78, 5) is 18.2. The van der Waals surface area contributed by atoms with Crippen LogP contribution in [0.4, 0.5) is 0 Å². The van der Waals surface area contributed by atoms with Crippen molar-refractivity contribution in [1.29, 1.82) is 0 Å². The van der Waals surface area contributed by atoms with Crippen LogP contribution in [-0.4, -0.2) is 34.6 Å². The van der Waals surface area contributed by atoms with Crippen LogP contribution in [0.1, 0.15) is 53.5 Å². The molecule has 5 heteroatoms. The van der Waals surface area contributed by atoms with Gasteiger partial charge in [-0.1, -0.05) is 26.7 Å². The van der Waals surface area contributed by atoms with Crippen molar-refractivity contribution in [3.63, 3.8) is 0 Å². The molecule has 0 unspecified atom stereocenters. The molecule has 0 fully saturated rings. The second-order valence-corrected chi connectivity index (χ2v) is 5.61. The van der Waals surface area contributed by atoms with Crippen molar-refractivity contribution < 1.29 is 9.90 Å². The number of hydrogen-bond acceptors (Lipinski definition) is 4. The third-order valence-electron chi connectivity index (χ3n) is 2.72. The molecule has 0 spiro atoms. The molecule has 0 aliphatic rings. The molecule has 1 aromatic rings. The van der Waals surface area contributed by atoms with E-state index in [-0.39, 0.29) is 0 Å². The molecule has 0 aliphatic carbocycles. The number of thiazole rings is 1. The molecule has 0 radical (unpaired) electrons. The molecule has 0 saturated heterocycles. The van der Waals surface area contributed by atoms with E-state index in [4.69, 9.17) is 5.11 Å². The Kier molecular flexibility index (Phi) is 6.29. The fourth-order valence-electron chi connectivity index (χ4n) is 1.78. The second kappa shape index (κ2) is 7.48. The van der Waals surface area contributed by atoms with Gasteiger partial charge in [0, 0.05) is 0 Å². The number of unbranched alkanes of at least 4 members (excludes halogenated alkanes) is 1. The minimum atomic E-state index is -0.849. The number of nitrogens with zero attached hydrogens (tertiary/aromatic N) is 2. The van der Waals surface area contributed by atoms with Crippen LogP contribution in [0.3, 0.4) is 0 Å². The van der Waals surface area contributed by atoms with E-state index in [2.05, 4.69) is 23.9 Å². The Morgan fingerprint density at radius 1 is 1.39 bits per heavy atom. The first kappa shape index (κ1) is 15.1. The number of aromatic carboxylic acids is 1. The van der Waals surface area contributed by atoms with Crippen molar-refractivity contribution in [3.05, 3.63) is 15.6 Å². The fourth-order valence-corrected chi connectivity index (χ4v) is 2.81. The number of rotatable bonds is 8. The van der Waals surface area contributed by atoms with Crippen molar-refractivity contribution in [2.75, 3.05) is 13.6 Å². The van der Waals surface area contributed by atoms with Crippen molar-refractivity contribution >= 4 is 17.3 Å². The predicted molar refractivity (Wildman–Crippen MR) is 74.3 cm³/mol. The number of carboxylic acid groups (broad SMARTS) is 1. The van der Waals surface area contributed by atoms with E-state index in [0.717, 1.165) is 43.1 Å². The molecule has 0 aromatic carbocycles. The van der Waals surface area contributed by atoms with E-state index >= 15 is 0 Å². The smallest absolute Gasteiger partial charge is 0.347 e. The van der Waals surface area contributed by atoms with Crippen LogP contribution < -0.4 is 0 Å². The second-order valence-electron chi connectivity index (χ2n) is 4.53. The SMILES string of the molecule is CCCCN(C)Cc1nc(CCC)c(C(=O)O)s1. The van der Waals surface area contributed by atoms with Gasteiger partial charge in [-0.15, -0.1) is 11.3 Å². The summed E-state index contributed by atoms with van der Waals surface area (Å²) >= 11 is 1.32. The molecular formula is C13H22N2O2S. The Balaban J connectivity index is 2.71. The lowest BCUT2D eigenvalue weighted by Crippen LogP contribution is -2.18. The van der Waals surface area contributed by atoms with Crippen LogP contribution in [0, 0.1) is 0 Å². The average Bonchev–Trinajstić information content (AvgIpc) is 2.70. The van der Waals surface area contributed by atoms with E-state index in [1.807, 2.05) is 6.92 Å². The number of aryl methyl sites for hydroxylation is 1. The molecule has 102 valence electrons. The molecule has 0 atom stereocenters. The van der Waals surface area contributed by atoms with Gasteiger partial charge in [0.2, 0.25) is 0 Å². The van der Waals surface area contributed by atoms with Gasteiger partial charge in [0.1, 0.15) is 9.88 Å². The highest BCUT2D eigenvalue weighted by Gasteiger charge is 2.17. The number of carboxylic acids is 1. The summed E-state index contributed by atoms with van der Waals surface area (Å²) in [6.07, 6.45) is 4.01. The number of aromatic nitrogens is 1. The third-order valence-corrected chi connectivity index (χ3v) is 3.79. The van der Waals surface area contributed by atoms with Gasteiger partial charge in [0.25, 0.3) is 0 Å². The van der Waals surface area contributed by atoms with Gasteiger partial charge < -0.3 is 5.11 Å². The van der Waals surface area contributed by atoms with E-state index in [1.165, 1.54) is 17.8 Å². The zero-order chi connectivity index (χ0) is 13.5. The van der Waals surface area contributed by atoms with Crippen molar-refractivity contribution in [1.82, 2.24) is 9.88 Å². The molecule has 0 bridgehead atoms. The average molecular weight is 270 g/mol. The molecule has 1 N–H and O–H groups in total. The summed E-state index contributed by atoms with van der Waals surface area (Å²) < 4.78 is 0. The van der Waals surface area contributed by atoms with Gasteiger partial charge in [-0.25, -0.2) is 9.78 Å². The lowest BCUT2D eigenvalue weighted by Gasteiger charge is -2.13. The normalized spacial score (nSPS) is 11.1. The first-order valence-electron chi connectivity index (χ1n) is 6.48. The highest BCUT2D eigenvalue weighted by atomic mass is 32.1. The minimum Gasteiger partial charge on any atom is -0.477 e. The Hall–Kier alpha value is -0.940. The summed E-state index contributed by atoms with van der Waals surface area (Å²) in [6, 6.07) is 0. The zero-order valence-corrected chi connectivity index (χ0v) is 12.2. The van der Waals surface area contributed by atoms with Gasteiger partial charge >= 0.3 is 5.97 Å². The third kappa shape index (κ3) is 4.38. The summed E-state index contributed by atoms with van der Waals surface area (Å²) in [6.45, 7) is 5.98. The van der Waals surface area contributed by atoms with E-state index in [1.54, 1.807) is 0 Å². The highest BCUT2D eigenvalue weighted by Crippen LogP contribution is 2.21. The van der Waals surface area contributed by atoms with Crippen LogP contribution >= 0.6 is 11.3 Å². The monoisotopic (exact) mass is 270 g/mol. The van der Waals surface area contributed by atoms with Crippen LogP contribution in [0.25, 0.3) is 0 Å². The molecule has 4 nitrogen and oxygen atoms in total. The Labute approximate surface area is 113 Å². The van der Waals surface area contributed by atoms with Gasteiger partial charge in [-0.05, 0) is 26.4 Å². The first-order chi connectivity index (χ1) is 8.58. The Morgan fingerprint density at radius 2 is 2.11 bits per heavy atom.